The molecule has 0 spiro atoms. The van der Waals surface area contributed by atoms with Gasteiger partial charge in [0.15, 0.2) is 17.0 Å². The standard InChI is InChI=1S/C32H36N6O2/c1-3-9-28(27-15-7-4-10-23(27)2)40-32-35-30(29-31(36-32)38(22-33-29)26-12-5-6-13-26)34-24-11-8-14-25(17-16-24)37-18-20-39-21-19-37/h3-4,7-11,14-17,22,25-26H,1,5-6,12-13,18-21H2,2H3,(H,34,35,36)/b28-9+. The first-order chi connectivity index (χ1) is 19.7. The Balaban J connectivity index is 1.34. The summed E-state index contributed by atoms with van der Waals surface area (Å²) in [6.45, 7) is 9.35. The number of rotatable bonds is 8. The van der Waals surface area contributed by atoms with Gasteiger partial charge in [-0.3, -0.25) is 4.90 Å². The molecule has 3 aromatic rings. The van der Waals surface area contributed by atoms with Crippen LogP contribution in [0.4, 0.5) is 5.82 Å². The van der Waals surface area contributed by atoms with E-state index in [9.17, 15) is 0 Å². The van der Waals surface area contributed by atoms with Crippen molar-refractivity contribution in [1.82, 2.24) is 24.4 Å². The topological polar surface area (TPSA) is 77.3 Å². The Morgan fingerprint density at radius 2 is 1.95 bits per heavy atom. The van der Waals surface area contributed by atoms with E-state index in [4.69, 9.17) is 24.4 Å². The molecule has 1 aromatic carbocycles. The molecule has 0 radical (unpaired) electrons. The number of hydrogen-bond donors (Lipinski definition) is 1. The molecule has 1 aliphatic heterocycles. The summed E-state index contributed by atoms with van der Waals surface area (Å²) in [4.78, 5) is 16.9. The van der Waals surface area contributed by atoms with Crippen LogP contribution in [0.25, 0.3) is 16.9 Å². The molecule has 2 aromatic heterocycles. The van der Waals surface area contributed by atoms with Crippen LogP contribution in [0, 0.1) is 6.92 Å². The third-order valence-electron chi connectivity index (χ3n) is 7.79. The summed E-state index contributed by atoms with van der Waals surface area (Å²) in [7, 11) is 0. The highest BCUT2D eigenvalue weighted by molar-refractivity contribution is 5.85. The maximum absolute atomic E-state index is 6.38. The molecule has 1 saturated heterocycles. The molecule has 8 nitrogen and oxygen atoms in total. The number of allylic oxidation sites excluding steroid dienone is 5. The Labute approximate surface area is 235 Å². The number of fused-ring (bicyclic) bond motifs is 1. The van der Waals surface area contributed by atoms with Gasteiger partial charge in [-0.1, -0.05) is 68.0 Å². The Hall–Kier alpha value is -4.01. The van der Waals surface area contributed by atoms with Gasteiger partial charge in [0.25, 0.3) is 0 Å². The predicted molar refractivity (Wildman–Crippen MR) is 159 cm³/mol. The highest BCUT2D eigenvalue weighted by atomic mass is 16.5. The molecule has 1 saturated carbocycles. The number of nitrogens with zero attached hydrogens (tertiary/aromatic N) is 5. The van der Waals surface area contributed by atoms with Crippen LogP contribution in [-0.4, -0.2) is 56.8 Å². The zero-order valence-corrected chi connectivity index (χ0v) is 23.0. The molecule has 1 atom stereocenters. The molecule has 8 heteroatoms. The number of ether oxygens (including phenoxy) is 2. The lowest BCUT2D eigenvalue weighted by atomic mass is 10.1. The summed E-state index contributed by atoms with van der Waals surface area (Å²) in [5.74, 6) is 1.27. The van der Waals surface area contributed by atoms with Crippen LogP contribution in [0.15, 0.2) is 85.4 Å². The molecule has 0 bridgehead atoms. The van der Waals surface area contributed by atoms with E-state index in [-0.39, 0.29) is 12.1 Å². The van der Waals surface area contributed by atoms with E-state index < -0.39 is 0 Å². The van der Waals surface area contributed by atoms with Crippen LogP contribution in [0.1, 0.15) is 42.9 Å². The fourth-order valence-electron chi connectivity index (χ4n) is 5.65. The van der Waals surface area contributed by atoms with Gasteiger partial charge in [-0.25, -0.2) is 4.98 Å². The lowest BCUT2D eigenvalue weighted by Gasteiger charge is -2.30. The minimum Gasteiger partial charge on any atom is -0.424 e. The van der Waals surface area contributed by atoms with Gasteiger partial charge in [0.1, 0.15) is 5.76 Å². The lowest BCUT2D eigenvalue weighted by molar-refractivity contribution is 0.0330. The number of anilines is 1. The third kappa shape index (κ3) is 5.64. The minimum absolute atomic E-state index is 0.228. The Morgan fingerprint density at radius 3 is 2.75 bits per heavy atom. The van der Waals surface area contributed by atoms with Crippen LogP contribution < -0.4 is 10.1 Å². The number of morpholine rings is 1. The fraction of sp³-hybridized carbons (Fsp3) is 0.344. The van der Waals surface area contributed by atoms with Crippen LogP contribution in [-0.2, 0) is 4.74 Å². The van der Waals surface area contributed by atoms with Crippen LogP contribution >= 0.6 is 0 Å². The summed E-state index contributed by atoms with van der Waals surface area (Å²) in [6, 6.07) is 8.98. The second-order valence-electron chi connectivity index (χ2n) is 10.4. The monoisotopic (exact) mass is 536 g/mol. The van der Waals surface area contributed by atoms with Crippen molar-refractivity contribution >= 4 is 22.7 Å². The first-order valence-electron chi connectivity index (χ1n) is 14.2. The number of hydrogen-bond acceptors (Lipinski definition) is 7. The normalized spacial score (nSPS) is 20.5. The van der Waals surface area contributed by atoms with Crippen molar-refractivity contribution in [3.8, 4) is 6.01 Å². The average Bonchev–Trinajstić information content (AvgIpc) is 3.60. The van der Waals surface area contributed by atoms with Gasteiger partial charge in [-0.15, -0.1) is 0 Å². The van der Waals surface area contributed by atoms with E-state index in [1.165, 1.54) is 12.8 Å². The van der Waals surface area contributed by atoms with E-state index in [1.54, 1.807) is 6.08 Å². The third-order valence-corrected chi connectivity index (χ3v) is 7.79. The van der Waals surface area contributed by atoms with Crippen LogP contribution in [0.3, 0.4) is 0 Å². The molecule has 206 valence electrons. The van der Waals surface area contributed by atoms with Gasteiger partial charge in [0.2, 0.25) is 0 Å². The van der Waals surface area contributed by atoms with Gasteiger partial charge in [0, 0.05) is 36.4 Å². The summed E-state index contributed by atoms with van der Waals surface area (Å²) in [5, 5.41) is 3.52. The summed E-state index contributed by atoms with van der Waals surface area (Å²) in [6.07, 6.45) is 20.9. The van der Waals surface area contributed by atoms with E-state index in [0.29, 0.717) is 17.6 Å². The molecule has 2 fully saturated rings. The summed E-state index contributed by atoms with van der Waals surface area (Å²) in [5.41, 5.74) is 4.51. The molecule has 1 N–H and O–H groups in total. The number of imidazole rings is 1. The van der Waals surface area contributed by atoms with Crippen molar-refractivity contribution in [1.29, 1.82) is 0 Å². The Morgan fingerprint density at radius 1 is 1.12 bits per heavy atom. The van der Waals surface area contributed by atoms with Crippen LogP contribution in [0.2, 0.25) is 0 Å². The predicted octanol–water partition coefficient (Wildman–Crippen LogP) is 5.98. The van der Waals surface area contributed by atoms with E-state index in [1.807, 2.05) is 30.6 Å². The molecule has 2 aliphatic carbocycles. The number of aromatic nitrogens is 4. The molecular formula is C32H36N6O2. The number of aryl methyl sites for hydroxylation is 1. The van der Waals surface area contributed by atoms with E-state index in [2.05, 4.69) is 64.7 Å². The first kappa shape index (κ1) is 26.2. The first-order valence-corrected chi connectivity index (χ1v) is 14.2. The van der Waals surface area contributed by atoms with Gasteiger partial charge in [-0.2, -0.15) is 9.97 Å². The molecular weight excluding hydrogens is 500 g/mol. The molecule has 0 amide bonds. The molecule has 40 heavy (non-hydrogen) atoms. The molecule has 3 heterocycles. The molecule has 1 unspecified atom stereocenters. The second-order valence-corrected chi connectivity index (χ2v) is 10.4. The van der Waals surface area contributed by atoms with Crippen molar-refractivity contribution in [2.24, 2.45) is 0 Å². The second kappa shape index (κ2) is 12.0. The quantitative estimate of drug-likeness (QED) is 0.280. The summed E-state index contributed by atoms with van der Waals surface area (Å²) >= 11 is 0. The number of nitrogens with one attached hydrogen (secondary N) is 1. The van der Waals surface area contributed by atoms with Gasteiger partial charge in [-0.05, 0) is 43.6 Å². The van der Waals surface area contributed by atoms with Crippen molar-refractivity contribution in [3.05, 3.63) is 96.5 Å². The average molecular weight is 537 g/mol. The van der Waals surface area contributed by atoms with E-state index >= 15 is 0 Å². The zero-order chi connectivity index (χ0) is 27.3. The lowest BCUT2D eigenvalue weighted by Crippen LogP contribution is -2.41. The minimum atomic E-state index is 0.228. The summed E-state index contributed by atoms with van der Waals surface area (Å²) < 4.78 is 14.1. The highest BCUT2D eigenvalue weighted by Gasteiger charge is 2.23. The van der Waals surface area contributed by atoms with Crippen LogP contribution in [0.5, 0.6) is 6.01 Å². The van der Waals surface area contributed by atoms with Gasteiger partial charge < -0.3 is 19.4 Å². The Kier molecular flexibility index (Phi) is 7.88. The van der Waals surface area contributed by atoms with Gasteiger partial charge >= 0.3 is 6.01 Å². The maximum Gasteiger partial charge on any atom is 0.326 e. The van der Waals surface area contributed by atoms with E-state index in [0.717, 1.165) is 67.1 Å². The van der Waals surface area contributed by atoms with Crippen molar-refractivity contribution in [3.63, 3.8) is 0 Å². The number of benzene rings is 1. The molecule has 6 rings (SSSR count). The van der Waals surface area contributed by atoms with Gasteiger partial charge in [0.05, 0.1) is 19.5 Å². The SMILES string of the molecule is C=C/C=C(/Oc1nc(NC2=CC=CC(N3CCOCC3)C=C2)c2ncn(C3CCCC3)c2n1)c1ccccc1C. The largest absolute Gasteiger partial charge is 0.424 e. The van der Waals surface area contributed by atoms with Crippen molar-refractivity contribution in [2.45, 2.75) is 44.7 Å². The fourth-order valence-corrected chi connectivity index (χ4v) is 5.65. The maximum atomic E-state index is 6.38. The van der Waals surface area contributed by atoms with Crippen molar-refractivity contribution < 1.29 is 9.47 Å². The smallest absolute Gasteiger partial charge is 0.326 e. The highest BCUT2D eigenvalue weighted by Crippen LogP contribution is 2.34. The van der Waals surface area contributed by atoms with Crippen molar-refractivity contribution in [2.75, 3.05) is 31.6 Å². The Bertz CT molecular complexity index is 1490. The zero-order valence-electron chi connectivity index (χ0n) is 23.0. The molecule has 3 aliphatic rings.